The van der Waals surface area contributed by atoms with Crippen molar-refractivity contribution >= 4 is 12.1 Å². The lowest BCUT2D eigenvalue weighted by Gasteiger charge is -2.30. The molecule has 7 heteroatoms. The second-order valence-corrected chi connectivity index (χ2v) is 6.49. The fourth-order valence-electron chi connectivity index (χ4n) is 3.53. The quantitative estimate of drug-likeness (QED) is 0.784. The van der Waals surface area contributed by atoms with Gasteiger partial charge in [-0.05, 0) is 51.2 Å². The maximum atomic E-state index is 11.3. The Morgan fingerprint density at radius 2 is 1.71 bits per heavy atom. The van der Waals surface area contributed by atoms with E-state index in [0.29, 0.717) is 17.1 Å². The van der Waals surface area contributed by atoms with Crippen LogP contribution < -0.4 is 14.8 Å². The first kappa shape index (κ1) is 16.4. The van der Waals surface area contributed by atoms with Crippen LogP contribution >= 0.6 is 0 Å². The maximum absolute atomic E-state index is 11.3. The summed E-state index contributed by atoms with van der Waals surface area (Å²) in [6.45, 7) is 3.53. The fraction of sp³-hybridized carbons (Fsp3) is 0.529. The Balaban J connectivity index is 1.71. The van der Waals surface area contributed by atoms with E-state index >= 15 is 0 Å². The summed E-state index contributed by atoms with van der Waals surface area (Å²) in [5, 5.41) is 20.6. The Kier molecular flexibility index (Phi) is 4.26. The number of hydrogen-bond donors (Lipinski definition) is 3. The lowest BCUT2D eigenvalue weighted by molar-refractivity contribution is -0.0205. The molecule has 0 bridgehead atoms. The molecular weight excluding hydrogens is 314 g/mol. The molecule has 1 amide bonds. The number of ether oxygens (including phenoxy) is 2. The minimum Gasteiger partial charge on any atom is -0.478 e. The molecule has 3 N–H and O–H groups in total. The third kappa shape index (κ3) is 2.98. The number of amides is 1. The van der Waals surface area contributed by atoms with Crippen LogP contribution in [0.4, 0.5) is 4.79 Å². The topological polar surface area (TPSA) is 105 Å². The smallest absolute Gasteiger partial charge is 0.404 e. The summed E-state index contributed by atoms with van der Waals surface area (Å²) in [5.41, 5.74) is 1.55. The van der Waals surface area contributed by atoms with Gasteiger partial charge in [0.15, 0.2) is 11.5 Å². The van der Waals surface area contributed by atoms with Gasteiger partial charge in [0.05, 0.1) is 5.56 Å². The Bertz CT molecular complexity index is 678. The summed E-state index contributed by atoms with van der Waals surface area (Å²) in [6.07, 6.45) is 1.66. The number of hydrogen-bond acceptors (Lipinski definition) is 4. The van der Waals surface area contributed by atoms with E-state index in [9.17, 15) is 14.7 Å². The number of carboxylic acids is 1. The van der Waals surface area contributed by atoms with Gasteiger partial charge >= 0.3 is 12.1 Å². The van der Waals surface area contributed by atoms with Crippen LogP contribution in [0.3, 0.4) is 0 Å². The first-order valence-electron chi connectivity index (χ1n) is 8.07. The van der Waals surface area contributed by atoms with Crippen LogP contribution in [0.25, 0.3) is 0 Å². The summed E-state index contributed by atoms with van der Waals surface area (Å²) in [6, 6.07) is 1.58. The predicted molar refractivity (Wildman–Crippen MR) is 84.8 cm³/mol. The second kappa shape index (κ2) is 6.22. The largest absolute Gasteiger partial charge is 0.478 e. The molecule has 2 aliphatic rings. The van der Waals surface area contributed by atoms with Crippen LogP contribution in [0.1, 0.15) is 47.2 Å². The van der Waals surface area contributed by atoms with E-state index in [0.717, 1.165) is 31.2 Å². The minimum atomic E-state index is -0.994. The van der Waals surface area contributed by atoms with Gasteiger partial charge in [-0.1, -0.05) is 0 Å². The summed E-state index contributed by atoms with van der Waals surface area (Å²) in [5.74, 6) is 0.318. The van der Waals surface area contributed by atoms with E-state index < -0.39 is 18.4 Å². The highest BCUT2D eigenvalue weighted by Crippen LogP contribution is 2.45. The normalized spacial score (nSPS) is 25.3. The fourth-order valence-corrected chi connectivity index (χ4v) is 3.53. The van der Waals surface area contributed by atoms with Crippen molar-refractivity contribution in [3.05, 3.63) is 22.8 Å². The third-order valence-electron chi connectivity index (χ3n) is 4.85. The van der Waals surface area contributed by atoms with Crippen LogP contribution in [0.15, 0.2) is 6.07 Å². The van der Waals surface area contributed by atoms with Gasteiger partial charge in [-0.3, -0.25) is 0 Å². The van der Waals surface area contributed by atoms with Gasteiger partial charge in [0.1, 0.15) is 0 Å². The van der Waals surface area contributed by atoms with Crippen molar-refractivity contribution in [1.29, 1.82) is 0 Å². The van der Waals surface area contributed by atoms with Crippen LogP contribution in [-0.4, -0.2) is 34.6 Å². The Morgan fingerprint density at radius 1 is 1.08 bits per heavy atom. The van der Waals surface area contributed by atoms with E-state index in [1.807, 2.05) is 6.92 Å². The molecule has 3 rings (SSSR count). The summed E-state index contributed by atoms with van der Waals surface area (Å²) >= 11 is 0. The molecular formula is C17H21NO6. The van der Waals surface area contributed by atoms with Crippen molar-refractivity contribution in [2.45, 2.75) is 51.9 Å². The van der Waals surface area contributed by atoms with Crippen molar-refractivity contribution in [2.24, 2.45) is 5.92 Å². The molecule has 1 atom stereocenters. The average Bonchev–Trinajstić information content (AvgIpc) is 2.97. The van der Waals surface area contributed by atoms with Crippen molar-refractivity contribution in [2.75, 3.05) is 0 Å². The van der Waals surface area contributed by atoms with Gasteiger partial charge < -0.3 is 25.0 Å². The molecule has 1 aromatic carbocycles. The average molecular weight is 335 g/mol. The number of fused-ring (bicyclic) bond motifs is 1. The molecule has 0 saturated heterocycles. The number of benzene rings is 1. The van der Waals surface area contributed by atoms with Crippen LogP contribution in [0.5, 0.6) is 11.5 Å². The highest BCUT2D eigenvalue weighted by atomic mass is 16.7. The van der Waals surface area contributed by atoms with Crippen LogP contribution in [0.2, 0.25) is 0 Å². The zero-order valence-corrected chi connectivity index (χ0v) is 13.7. The van der Waals surface area contributed by atoms with E-state index in [-0.39, 0.29) is 17.5 Å². The summed E-state index contributed by atoms with van der Waals surface area (Å²) in [4.78, 5) is 22.0. The summed E-state index contributed by atoms with van der Waals surface area (Å²) in [7, 11) is 0. The zero-order chi connectivity index (χ0) is 17.4. The second-order valence-electron chi connectivity index (χ2n) is 6.49. The molecule has 1 aromatic rings. The lowest BCUT2D eigenvalue weighted by atomic mass is 9.85. The number of aromatic carboxylic acids is 1. The Labute approximate surface area is 139 Å². The molecule has 0 radical (unpaired) electrons. The number of carboxylic acid groups (broad SMARTS) is 2. The highest BCUT2D eigenvalue weighted by molar-refractivity contribution is 5.91. The molecule has 0 aromatic heterocycles. The molecule has 1 aliphatic carbocycles. The maximum Gasteiger partial charge on any atom is 0.404 e. The first-order chi connectivity index (χ1) is 11.4. The SMILES string of the molecule is Cc1cc(C(=O)O)c(C)c2c1OC(C1CCC(NC(=O)O)CC1)O2. The first-order valence-corrected chi connectivity index (χ1v) is 8.07. The minimum absolute atomic E-state index is 0.0235. The van der Waals surface area contributed by atoms with Gasteiger partial charge in [0.25, 0.3) is 0 Å². The van der Waals surface area contributed by atoms with Gasteiger partial charge in [-0.15, -0.1) is 0 Å². The Hall–Kier alpha value is -2.44. The molecule has 1 fully saturated rings. The van der Waals surface area contributed by atoms with Gasteiger partial charge in [0.2, 0.25) is 6.29 Å². The number of carbonyl (C=O) groups is 2. The number of nitrogens with one attached hydrogen (secondary N) is 1. The molecule has 24 heavy (non-hydrogen) atoms. The molecule has 7 nitrogen and oxygen atoms in total. The van der Waals surface area contributed by atoms with Crippen molar-refractivity contribution in [1.82, 2.24) is 5.32 Å². The Morgan fingerprint density at radius 3 is 2.29 bits per heavy atom. The number of rotatable bonds is 3. The van der Waals surface area contributed by atoms with Crippen molar-refractivity contribution in [3.8, 4) is 11.5 Å². The molecule has 1 unspecified atom stereocenters. The van der Waals surface area contributed by atoms with E-state index in [4.69, 9.17) is 14.6 Å². The van der Waals surface area contributed by atoms with E-state index in [2.05, 4.69) is 5.32 Å². The van der Waals surface area contributed by atoms with Crippen LogP contribution in [0, 0.1) is 19.8 Å². The molecule has 130 valence electrons. The third-order valence-corrected chi connectivity index (χ3v) is 4.85. The van der Waals surface area contributed by atoms with Gasteiger partial charge in [0, 0.05) is 17.5 Å². The monoisotopic (exact) mass is 335 g/mol. The van der Waals surface area contributed by atoms with Gasteiger partial charge in [-0.2, -0.15) is 0 Å². The molecule has 1 saturated carbocycles. The lowest BCUT2D eigenvalue weighted by Crippen LogP contribution is -2.40. The summed E-state index contributed by atoms with van der Waals surface area (Å²) < 4.78 is 11.9. The van der Waals surface area contributed by atoms with Gasteiger partial charge in [-0.25, -0.2) is 9.59 Å². The number of aryl methyl sites for hydroxylation is 1. The van der Waals surface area contributed by atoms with E-state index in [1.54, 1.807) is 13.0 Å². The standard InChI is InChI=1S/C17H21NO6/c1-8-7-12(15(19)20)9(2)14-13(8)23-16(24-14)10-3-5-11(6-4-10)18-17(21)22/h7,10-11,16,18H,3-6H2,1-2H3,(H,19,20)(H,21,22). The highest BCUT2D eigenvalue weighted by Gasteiger charge is 2.37. The van der Waals surface area contributed by atoms with E-state index in [1.165, 1.54) is 0 Å². The van der Waals surface area contributed by atoms with Crippen molar-refractivity contribution < 1.29 is 29.3 Å². The van der Waals surface area contributed by atoms with Crippen LogP contribution in [-0.2, 0) is 0 Å². The molecule has 1 aliphatic heterocycles. The predicted octanol–water partition coefficient (Wildman–Crippen LogP) is 2.93. The molecule has 1 heterocycles. The molecule has 0 spiro atoms. The zero-order valence-electron chi connectivity index (χ0n) is 13.7. The van der Waals surface area contributed by atoms with Crippen molar-refractivity contribution in [3.63, 3.8) is 0 Å².